The molecule has 0 aliphatic heterocycles. The fourth-order valence-corrected chi connectivity index (χ4v) is 3.61. The molecule has 39 heavy (non-hydrogen) atoms. The molecule has 200 valence electrons. The van der Waals surface area contributed by atoms with Gasteiger partial charge in [-0.2, -0.15) is 13.2 Å². The zero-order chi connectivity index (χ0) is 28.5. The Bertz CT molecular complexity index is 1630. The summed E-state index contributed by atoms with van der Waals surface area (Å²) in [7, 11) is -6.09. The van der Waals surface area contributed by atoms with Crippen molar-refractivity contribution in [2.75, 3.05) is 0 Å². The quantitative estimate of drug-likeness (QED) is 0.166. The van der Waals surface area contributed by atoms with Crippen LogP contribution in [-0.2, 0) is 10.1 Å². The number of hydrogen-bond acceptors (Lipinski definition) is 3. The molecule has 4 aromatic carbocycles. The van der Waals surface area contributed by atoms with Crippen molar-refractivity contribution in [1.29, 1.82) is 0 Å². The summed E-state index contributed by atoms with van der Waals surface area (Å²) in [4.78, 5) is 0. The SMILES string of the molecule is C=c1ccc(=C(/C=C/C=C(\c2ccccc2)c2ccc(C)cc2)c2ccccc2)cc1.O=S(=O)([O-])C(F)(F)F. The van der Waals surface area contributed by atoms with Crippen LogP contribution in [0, 0.1) is 6.92 Å². The van der Waals surface area contributed by atoms with Crippen molar-refractivity contribution < 1.29 is 26.1 Å². The van der Waals surface area contributed by atoms with Crippen molar-refractivity contribution >= 4 is 27.8 Å². The Morgan fingerprint density at radius 2 is 1.21 bits per heavy atom. The maximum absolute atomic E-state index is 10.7. The zero-order valence-corrected chi connectivity index (χ0v) is 21.9. The van der Waals surface area contributed by atoms with Crippen LogP contribution < -0.4 is 10.4 Å². The summed E-state index contributed by atoms with van der Waals surface area (Å²) in [5.41, 5.74) is 1.63. The van der Waals surface area contributed by atoms with E-state index in [-0.39, 0.29) is 0 Å². The van der Waals surface area contributed by atoms with Gasteiger partial charge in [0.05, 0.1) is 0 Å². The number of benzene rings is 4. The highest BCUT2D eigenvalue weighted by Crippen LogP contribution is 2.24. The van der Waals surface area contributed by atoms with E-state index in [1.807, 2.05) is 0 Å². The van der Waals surface area contributed by atoms with Gasteiger partial charge in [-0.05, 0) is 45.2 Å². The van der Waals surface area contributed by atoms with Gasteiger partial charge in [0, 0.05) is 0 Å². The molecule has 0 saturated carbocycles. The van der Waals surface area contributed by atoms with Crippen molar-refractivity contribution in [2.45, 2.75) is 12.4 Å². The fourth-order valence-electron chi connectivity index (χ4n) is 3.61. The molecule has 4 rings (SSSR count). The molecule has 0 unspecified atom stereocenters. The molecule has 0 amide bonds. The van der Waals surface area contributed by atoms with Crippen molar-refractivity contribution in [3.63, 3.8) is 0 Å². The Balaban J connectivity index is 0.000000459. The van der Waals surface area contributed by atoms with Gasteiger partial charge in [0.1, 0.15) is 0 Å². The molecule has 0 bridgehead atoms. The minimum Gasteiger partial charge on any atom is -0.741 e. The maximum Gasteiger partial charge on any atom is 0.485 e. The molecule has 4 aromatic rings. The van der Waals surface area contributed by atoms with E-state index in [9.17, 15) is 13.2 Å². The molecule has 0 N–H and O–H groups in total. The van der Waals surface area contributed by atoms with Gasteiger partial charge >= 0.3 is 5.51 Å². The van der Waals surface area contributed by atoms with Crippen LogP contribution >= 0.6 is 0 Å². The van der Waals surface area contributed by atoms with Gasteiger partial charge in [-0.1, -0.05) is 140 Å². The summed E-state index contributed by atoms with van der Waals surface area (Å²) >= 11 is 0. The highest BCUT2D eigenvalue weighted by Gasteiger charge is 2.36. The first-order valence-electron chi connectivity index (χ1n) is 11.8. The molecule has 7 heteroatoms. The van der Waals surface area contributed by atoms with Gasteiger partial charge in [-0.3, -0.25) is 0 Å². The van der Waals surface area contributed by atoms with Crippen LogP contribution in [-0.4, -0.2) is 18.5 Å². The maximum atomic E-state index is 10.7. The van der Waals surface area contributed by atoms with Crippen LogP contribution in [0.1, 0.15) is 22.3 Å². The Kier molecular flexibility index (Phi) is 9.82. The lowest BCUT2D eigenvalue weighted by Crippen LogP contribution is -2.21. The van der Waals surface area contributed by atoms with Gasteiger partial charge in [0.25, 0.3) is 0 Å². The third-order valence-corrected chi connectivity index (χ3v) is 6.17. The summed E-state index contributed by atoms with van der Waals surface area (Å²) in [6.07, 6.45) is 6.56. The molecule has 0 aliphatic rings. The standard InChI is InChI=1S/C31H26.CHF3O3S/c1-24-16-20-28(21-17-24)30(26-10-5-3-6-11-26)14-9-15-31(27-12-7-4-8-13-27)29-22-18-25(2)19-23-29;2-1(3,4)8(5,6)7/h3-23H,1H2,2H3;(H,5,6,7)/p-1/b14-9+,31-15+;. The lowest BCUT2D eigenvalue weighted by atomic mass is 9.96. The van der Waals surface area contributed by atoms with Crippen LogP contribution in [0.2, 0.25) is 0 Å². The van der Waals surface area contributed by atoms with Gasteiger partial charge in [-0.15, -0.1) is 0 Å². The van der Waals surface area contributed by atoms with E-state index in [4.69, 9.17) is 13.0 Å². The monoisotopic (exact) mass is 547 g/mol. The zero-order valence-electron chi connectivity index (χ0n) is 21.1. The molecular weight excluding hydrogens is 521 g/mol. The minimum absolute atomic E-state index is 1.02. The second-order valence-corrected chi connectivity index (χ2v) is 9.92. The van der Waals surface area contributed by atoms with Crippen molar-refractivity contribution in [3.05, 3.63) is 160 Å². The number of halogens is 3. The first-order valence-corrected chi connectivity index (χ1v) is 13.2. The molecular formula is C32H26F3O3S-. The lowest BCUT2D eigenvalue weighted by Gasteiger charge is -2.08. The summed E-state index contributed by atoms with van der Waals surface area (Å²) in [5.74, 6) is 0. The highest BCUT2D eigenvalue weighted by atomic mass is 32.2. The van der Waals surface area contributed by atoms with Crippen LogP contribution in [0.3, 0.4) is 0 Å². The van der Waals surface area contributed by atoms with E-state index >= 15 is 0 Å². The Morgan fingerprint density at radius 3 is 1.69 bits per heavy atom. The van der Waals surface area contributed by atoms with E-state index in [1.165, 1.54) is 38.6 Å². The summed E-state index contributed by atoms with van der Waals surface area (Å²) in [6.45, 7) is 6.13. The molecule has 0 atom stereocenters. The van der Waals surface area contributed by atoms with Gasteiger partial charge in [0.2, 0.25) is 0 Å². The third kappa shape index (κ3) is 8.67. The second kappa shape index (κ2) is 13.0. The number of aryl methyl sites for hydroxylation is 1. The molecule has 3 nitrogen and oxygen atoms in total. The van der Waals surface area contributed by atoms with E-state index in [2.05, 4.69) is 141 Å². The van der Waals surface area contributed by atoms with Gasteiger partial charge in [0.15, 0.2) is 10.1 Å². The molecule has 0 heterocycles. The van der Waals surface area contributed by atoms with Gasteiger partial charge in [-0.25, -0.2) is 8.42 Å². The Morgan fingerprint density at radius 1 is 0.744 bits per heavy atom. The van der Waals surface area contributed by atoms with Crippen molar-refractivity contribution in [3.8, 4) is 0 Å². The van der Waals surface area contributed by atoms with Crippen LogP contribution in [0.25, 0.3) is 17.7 Å². The van der Waals surface area contributed by atoms with Crippen LogP contribution in [0.15, 0.2) is 127 Å². The Hall–Kier alpha value is -4.20. The average Bonchev–Trinajstić information content (AvgIpc) is 2.90. The molecule has 0 radical (unpaired) electrons. The lowest BCUT2D eigenvalue weighted by molar-refractivity contribution is -0.0517. The third-order valence-electron chi connectivity index (χ3n) is 5.61. The topological polar surface area (TPSA) is 57.2 Å². The highest BCUT2D eigenvalue weighted by molar-refractivity contribution is 7.86. The number of allylic oxidation sites excluding steroid dienone is 3. The molecule has 0 fully saturated rings. The van der Waals surface area contributed by atoms with Crippen LogP contribution in [0.5, 0.6) is 0 Å². The average molecular weight is 548 g/mol. The van der Waals surface area contributed by atoms with Crippen molar-refractivity contribution in [1.82, 2.24) is 0 Å². The Labute approximate surface area is 226 Å². The smallest absolute Gasteiger partial charge is 0.485 e. The molecule has 0 saturated heterocycles. The van der Waals surface area contributed by atoms with E-state index < -0.39 is 15.6 Å². The summed E-state index contributed by atoms with van der Waals surface area (Å²) in [5, 5.41) is 2.20. The fraction of sp³-hybridized carbons (Fsp3) is 0.0625. The summed E-state index contributed by atoms with van der Waals surface area (Å²) < 4.78 is 58.9. The predicted octanol–water partition coefficient (Wildman–Crippen LogP) is 6.34. The largest absolute Gasteiger partial charge is 0.741 e. The first-order chi connectivity index (χ1) is 18.5. The number of alkyl halides is 3. The number of rotatable bonds is 5. The molecule has 0 spiro atoms. The second-order valence-electron chi connectivity index (χ2n) is 8.55. The number of hydrogen-bond donors (Lipinski definition) is 0. The molecule has 0 aliphatic carbocycles. The normalized spacial score (nSPS) is 12.1. The van der Waals surface area contributed by atoms with E-state index in [1.54, 1.807) is 0 Å². The molecule has 0 aromatic heterocycles. The summed E-state index contributed by atoms with van der Waals surface area (Å²) in [6, 6.07) is 38.2. The minimum atomic E-state index is -6.09. The van der Waals surface area contributed by atoms with Crippen LogP contribution in [0.4, 0.5) is 13.2 Å². The first kappa shape index (κ1) is 29.4. The predicted molar refractivity (Wildman–Crippen MR) is 150 cm³/mol. The van der Waals surface area contributed by atoms with Gasteiger partial charge < -0.3 is 4.55 Å². The van der Waals surface area contributed by atoms with E-state index in [0.717, 1.165) is 5.22 Å². The van der Waals surface area contributed by atoms with E-state index in [0.29, 0.717) is 0 Å². The van der Waals surface area contributed by atoms with Crippen molar-refractivity contribution in [2.24, 2.45) is 0 Å².